The predicted molar refractivity (Wildman–Crippen MR) is 84.3 cm³/mol. The van der Waals surface area contributed by atoms with Gasteiger partial charge in [0, 0.05) is 30.7 Å². The van der Waals surface area contributed by atoms with E-state index >= 15 is 0 Å². The Kier molecular flexibility index (Phi) is 7.19. The molecule has 0 aliphatic heterocycles. The number of methoxy groups -OCH3 is 1. The molecular formula is C15H22BrNO3. The molecule has 0 unspecified atom stereocenters. The van der Waals surface area contributed by atoms with Gasteiger partial charge in [-0.1, -0.05) is 15.9 Å². The Labute approximate surface area is 129 Å². The summed E-state index contributed by atoms with van der Waals surface area (Å²) in [5.74, 6) is 0.0152. The summed E-state index contributed by atoms with van der Waals surface area (Å²) in [6, 6.07) is 4.02. The zero-order valence-electron chi connectivity index (χ0n) is 12.5. The summed E-state index contributed by atoms with van der Waals surface area (Å²) in [5.41, 5.74) is 3.14. The SMILES string of the molecule is COCCOCCN(C(C)=O)c1cc(C)c(Br)c(C)c1. The molecule has 4 nitrogen and oxygen atoms in total. The normalized spacial score (nSPS) is 10.7. The number of carbonyl (C=O) groups excluding carboxylic acids is 1. The molecule has 0 aromatic heterocycles. The van der Waals surface area contributed by atoms with E-state index in [4.69, 9.17) is 9.47 Å². The summed E-state index contributed by atoms with van der Waals surface area (Å²) >= 11 is 3.54. The molecule has 1 amide bonds. The molecule has 0 fully saturated rings. The van der Waals surface area contributed by atoms with E-state index in [1.165, 1.54) is 0 Å². The highest BCUT2D eigenvalue weighted by molar-refractivity contribution is 9.10. The van der Waals surface area contributed by atoms with Gasteiger partial charge in [0.15, 0.2) is 0 Å². The summed E-state index contributed by atoms with van der Waals surface area (Å²) in [7, 11) is 1.64. The number of hydrogen-bond acceptors (Lipinski definition) is 3. The van der Waals surface area contributed by atoms with E-state index in [1.807, 2.05) is 26.0 Å². The molecular weight excluding hydrogens is 322 g/mol. The number of ether oxygens (including phenoxy) is 2. The smallest absolute Gasteiger partial charge is 0.223 e. The summed E-state index contributed by atoms with van der Waals surface area (Å²) in [5, 5.41) is 0. The minimum atomic E-state index is 0.0152. The van der Waals surface area contributed by atoms with Crippen molar-refractivity contribution in [3.63, 3.8) is 0 Å². The Morgan fingerprint density at radius 2 is 1.80 bits per heavy atom. The van der Waals surface area contributed by atoms with Gasteiger partial charge in [0.05, 0.1) is 19.8 Å². The van der Waals surface area contributed by atoms with E-state index in [0.717, 1.165) is 21.3 Å². The van der Waals surface area contributed by atoms with Crippen molar-refractivity contribution in [1.29, 1.82) is 0 Å². The molecule has 0 atom stereocenters. The summed E-state index contributed by atoms with van der Waals surface area (Å²) in [4.78, 5) is 13.5. The van der Waals surface area contributed by atoms with Crippen molar-refractivity contribution < 1.29 is 14.3 Å². The maximum Gasteiger partial charge on any atom is 0.223 e. The van der Waals surface area contributed by atoms with Crippen molar-refractivity contribution in [3.8, 4) is 0 Å². The lowest BCUT2D eigenvalue weighted by Crippen LogP contribution is -2.32. The second kappa shape index (κ2) is 8.39. The van der Waals surface area contributed by atoms with E-state index in [2.05, 4.69) is 15.9 Å². The number of nitrogens with zero attached hydrogens (tertiary/aromatic N) is 1. The lowest BCUT2D eigenvalue weighted by atomic mass is 10.1. The lowest BCUT2D eigenvalue weighted by Gasteiger charge is -2.22. The average Bonchev–Trinajstić information content (AvgIpc) is 2.39. The third kappa shape index (κ3) is 4.89. The molecule has 0 aliphatic carbocycles. The predicted octanol–water partition coefficient (Wildman–Crippen LogP) is 3.08. The van der Waals surface area contributed by atoms with E-state index in [-0.39, 0.29) is 5.91 Å². The van der Waals surface area contributed by atoms with Crippen LogP contribution in [0.3, 0.4) is 0 Å². The van der Waals surface area contributed by atoms with Crippen LogP contribution >= 0.6 is 15.9 Å². The molecule has 0 radical (unpaired) electrons. The molecule has 1 aromatic rings. The molecule has 1 rings (SSSR count). The van der Waals surface area contributed by atoms with Crippen LogP contribution in [0.15, 0.2) is 16.6 Å². The van der Waals surface area contributed by atoms with Gasteiger partial charge in [0.25, 0.3) is 0 Å². The maximum atomic E-state index is 11.8. The van der Waals surface area contributed by atoms with Gasteiger partial charge in [0.1, 0.15) is 0 Å². The molecule has 0 saturated carbocycles. The van der Waals surface area contributed by atoms with E-state index in [0.29, 0.717) is 26.4 Å². The molecule has 0 heterocycles. The van der Waals surface area contributed by atoms with E-state index < -0.39 is 0 Å². The number of halogens is 1. The van der Waals surface area contributed by atoms with Crippen molar-refractivity contribution in [2.45, 2.75) is 20.8 Å². The van der Waals surface area contributed by atoms with Gasteiger partial charge in [0.2, 0.25) is 5.91 Å². The fourth-order valence-electron chi connectivity index (χ4n) is 1.95. The molecule has 20 heavy (non-hydrogen) atoms. The van der Waals surface area contributed by atoms with Crippen molar-refractivity contribution >= 4 is 27.5 Å². The van der Waals surface area contributed by atoms with Crippen molar-refractivity contribution in [2.75, 3.05) is 38.4 Å². The zero-order chi connectivity index (χ0) is 15.1. The Hall–Kier alpha value is -0.910. The topological polar surface area (TPSA) is 38.8 Å². The molecule has 5 heteroatoms. The number of carbonyl (C=O) groups is 1. The largest absolute Gasteiger partial charge is 0.382 e. The van der Waals surface area contributed by atoms with Gasteiger partial charge in [-0.2, -0.15) is 0 Å². The van der Waals surface area contributed by atoms with Crippen LogP contribution < -0.4 is 4.90 Å². The highest BCUT2D eigenvalue weighted by atomic mass is 79.9. The first-order chi connectivity index (χ1) is 9.47. The van der Waals surface area contributed by atoms with E-state index in [1.54, 1.807) is 18.9 Å². The minimum absolute atomic E-state index is 0.0152. The number of rotatable bonds is 7. The first-order valence-electron chi connectivity index (χ1n) is 6.59. The van der Waals surface area contributed by atoms with Crippen LogP contribution in [0, 0.1) is 13.8 Å². The summed E-state index contributed by atoms with van der Waals surface area (Å²) in [6.07, 6.45) is 0. The molecule has 0 spiro atoms. The van der Waals surface area contributed by atoms with Crippen LogP contribution in [0.25, 0.3) is 0 Å². The van der Waals surface area contributed by atoms with Crippen LogP contribution in [0.5, 0.6) is 0 Å². The van der Waals surface area contributed by atoms with Gasteiger partial charge in [-0.05, 0) is 37.1 Å². The van der Waals surface area contributed by atoms with Crippen LogP contribution in [0.2, 0.25) is 0 Å². The fourth-order valence-corrected chi connectivity index (χ4v) is 2.18. The highest BCUT2D eigenvalue weighted by Crippen LogP contribution is 2.27. The molecule has 112 valence electrons. The summed E-state index contributed by atoms with van der Waals surface area (Å²) < 4.78 is 11.4. The Morgan fingerprint density at radius 3 is 2.30 bits per heavy atom. The van der Waals surface area contributed by atoms with Gasteiger partial charge in [-0.3, -0.25) is 4.79 Å². The third-order valence-corrected chi connectivity index (χ3v) is 4.25. The molecule has 0 saturated heterocycles. The van der Waals surface area contributed by atoms with Crippen LogP contribution in [0.4, 0.5) is 5.69 Å². The average molecular weight is 344 g/mol. The van der Waals surface area contributed by atoms with Gasteiger partial charge < -0.3 is 14.4 Å². The molecule has 0 aliphatic rings. The second-order valence-electron chi connectivity index (χ2n) is 4.67. The fraction of sp³-hybridized carbons (Fsp3) is 0.533. The highest BCUT2D eigenvalue weighted by Gasteiger charge is 2.13. The monoisotopic (exact) mass is 343 g/mol. The van der Waals surface area contributed by atoms with Gasteiger partial charge in [-0.15, -0.1) is 0 Å². The number of aryl methyl sites for hydroxylation is 2. The van der Waals surface area contributed by atoms with Crippen molar-refractivity contribution in [3.05, 3.63) is 27.7 Å². The van der Waals surface area contributed by atoms with Crippen molar-refractivity contribution in [2.24, 2.45) is 0 Å². The van der Waals surface area contributed by atoms with Crippen LogP contribution in [-0.4, -0.2) is 39.4 Å². The van der Waals surface area contributed by atoms with Gasteiger partial charge in [-0.25, -0.2) is 0 Å². The first kappa shape index (κ1) is 17.1. The quantitative estimate of drug-likeness (QED) is 0.714. The number of hydrogen-bond donors (Lipinski definition) is 0. The first-order valence-corrected chi connectivity index (χ1v) is 7.38. The third-order valence-electron chi connectivity index (χ3n) is 3.00. The van der Waals surface area contributed by atoms with Crippen molar-refractivity contribution in [1.82, 2.24) is 0 Å². The van der Waals surface area contributed by atoms with Gasteiger partial charge >= 0.3 is 0 Å². The van der Waals surface area contributed by atoms with E-state index in [9.17, 15) is 4.79 Å². The Morgan fingerprint density at radius 1 is 1.20 bits per heavy atom. The zero-order valence-corrected chi connectivity index (χ0v) is 14.1. The van der Waals surface area contributed by atoms with Crippen LogP contribution in [-0.2, 0) is 14.3 Å². The standard InChI is InChI=1S/C15H22BrNO3/c1-11-9-14(10-12(2)15(11)16)17(13(3)18)5-6-20-8-7-19-4/h9-10H,5-8H2,1-4H3. The molecule has 0 bridgehead atoms. The maximum absolute atomic E-state index is 11.8. The Balaban J connectivity index is 2.74. The molecule has 1 aromatic carbocycles. The second-order valence-corrected chi connectivity index (χ2v) is 5.46. The molecule has 0 N–H and O–H groups in total. The van der Waals surface area contributed by atoms with Crippen LogP contribution in [0.1, 0.15) is 18.1 Å². The Bertz CT molecular complexity index is 439. The minimum Gasteiger partial charge on any atom is -0.382 e. The number of amides is 1. The number of benzene rings is 1. The number of anilines is 1. The summed E-state index contributed by atoms with van der Waals surface area (Å²) in [6.45, 7) is 7.76. The lowest BCUT2D eigenvalue weighted by molar-refractivity contribution is -0.116.